The summed E-state index contributed by atoms with van der Waals surface area (Å²) < 4.78 is 0. The van der Waals surface area contributed by atoms with Gasteiger partial charge in [-0.3, -0.25) is 14.5 Å². The van der Waals surface area contributed by atoms with E-state index in [1.54, 1.807) is 11.8 Å². The number of nitrogens with zero attached hydrogens (tertiary/aromatic N) is 2. The molecule has 1 fully saturated rings. The first-order valence-electron chi connectivity index (χ1n) is 8.93. The van der Waals surface area contributed by atoms with Gasteiger partial charge in [0, 0.05) is 29.3 Å². The summed E-state index contributed by atoms with van der Waals surface area (Å²) in [5, 5.41) is 9.45. The number of rotatable bonds is 7. The van der Waals surface area contributed by atoms with Crippen molar-refractivity contribution in [2.45, 2.75) is 49.8 Å². The Kier molecular flexibility index (Phi) is 7.32. The van der Waals surface area contributed by atoms with Crippen molar-refractivity contribution in [2.24, 2.45) is 0 Å². The monoisotopic (exact) mass is 364 g/mol. The zero-order chi connectivity index (χ0) is 18.4. The van der Waals surface area contributed by atoms with Crippen molar-refractivity contribution in [1.82, 2.24) is 9.80 Å². The summed E-state index contributed by atoms with van der Waals surface area (Å²) in [4.78, 5) is 28.8. The Hall–Kier alpha value is -1.53. The van der Waals surface area contributed by atoms with Crippen LogP contribution in [0.2, 0.25) is 0 Å². The molecule has 0 saturated carbocycles. The van der Waals surface area contributed by atoms with E-state index in [9.17, 15) is 9.59 Å². The summed E-state index contributed by atoms with van der Waals surface area (Å²) in [6, 6.07) is 8.04. The second kappa shape index (κ2) is 9.25. The number of likely N-dealkylation sites (N-methyl/N-ethyl adjacent to an activating group) is 1. The van der Waals surface area contributed by atoms with Crippen LogP contribution >= 0.6 is 11.8 Å². The highest BCUT2D eigenvalue weighted by Crippen LogP contribution is 2.28. The summed E-state index contributed by atoms with van der Waals surface area (Å²) in [5.74, 6) is -0.705. The number of hydrogen-bond donors (Lipinski definition) is 1. The summed E-state index contributed by atoms with van der Waals surface area (Å²) in [6.45, 7) is 8.39. The molecule has 5 nitrogen and oxygen atoms in total. The van der Waals surface area contributed by atoms with Crippen LogP contribution in [0.4, 0.5) is 0 Å². The smallest absolute Gasteiger partial charge is 0.317 e. The van der Waals surface area contributed by atoms with Gasteiger partial charge in [0.15, 0.2) is 0 Å². The number of carboxylic acid groups (broad SMARTS) is 1. The molecule has 1 aromatic carbocycles. The van der Waals surface area contributed by atoms with Gasteiger partial charge in [0.25, 0.3) is 5.91 Å². The Morgan fingerprint density at radius 3 is 2.48 bits per heavy atom. The number of benzene rings is 1. The van der Waals surface area contributed by atoms with Gasteiger partial charge < -0.3 is 10.0 Å². The lowest BCUT2D eigenvalue weighted by molar-refractivity contribution is -0.139. The van der Waals surface area contributed by atoms with E-state index in [-0.39, 0.29) is 18.5 Å². The van der Waals surface area contributed by atoms with Gasteiger partial charge >= 0.3 is 5.97 Å². The molecule has 1 aliphatic heterocycles. The molecule has 2 rings (SSSR count). The molecule has 0 aromatic heterocycles. The van der Waals surface area contributed by atoms with Crippen molar-refractivity contribution < 1.29 is 14.7 Å². The second-order valence-corrected chi connectivity index (χ2v) is 8.26. The van der Waals surface area contributed by atoms with Crippen LogP contribution in [0, 0.1) is 0 Å². The third-order valence-corrected chi connectivity index (χ3v) is 5.57. The zero-order valence-electron chi connectivity index (χ0n) is 15.3. The Labute approximate surface area is 154 Å². The van der Waals surface area contributed by atoms with E-state index < -0.39 is 5.97 Å². The molecule has 1 aliphatic rings. The van der Waals surface area contributed by atoms with Gasteiger partial charge in [0.05, 0.1) is 12.1 Å². The standard InChI is InChI=1S/C19H28N2O3S/c1-4-20(13-18(22)23)15-9-11-21(12-10-15)19(24)16-7-5-6-8-17(16)25-14(2)3/h5-8,14-15H,4,9-13H2,1-3H3,(H,22,23). The van der Waals surface area contributed by atoms with Gasteiger partial charge in [0.1, 0.15) is 0 Å². The maximum absolute atomic E-state index is 12.9. The molecule has 25 heavy (non-hydrogen) atoms. The average Bonchev–Trinajstić information content (AvgIpc) is 2.59. The van der Waals surface area contributed by atoms with Crippen molar-refractivity contribution in [3.63, 3.8) is 0 Å². The van der Waals surface area contributed by atoms with E-state index in [0.717, 1.165) is 29.8 Å². The number of thioether (sulfide) groups is 1. The number of likely N-dealkylation sites (tertiary alicyclic amines) is 1. The molecular formula is C19H28N2O3S. The predicted molar refractivity (Wildman–Crippen MR) is 101 cm³/mol. The first-order valence-corrected chi connectivity index (χ1v) is 9.81. The number of carbonyl (C=O) groups excluding carboxylic acids is 1. The van der Waals surface area contributed by atoms with E-state index >= 15 is 0 Å². The molecular weight excluding hydrogens is 336 g/mol. The molecule has 1 N–H and O–H groups in total. The number of amides is 1. The lowest BCUT2D eigenvalue weighted by Gasteiger charge is -2.37. The van der Waals surface area contributed by atoms with Crippen LogP contribution in [0.25, 0.3) is 0 Å². The highest BCUT2D eigenvalue weighted by atomic mass is 32.2. The van der Waals surface area contributed by atoms with Gasteiger partial charge in [-0.15, -0.1) is 11.8 Å². The van der Waals surface area contributed by atoms with Gasteiger partial charge in [-0.05, 0) is 31.5 Å². The van der Waals surface area contributed by atoms with Crippen molar-refractivity contribution in [3.05, 3.63) is 29.8 Å². The minimum atomic E-state index is -0.792. The van der Waals surface area contributed by atoms with E-state index in [2.05, 4.69) is 13.8 Å². The molecule has 0 aliphatic carbocycles. The number of hydrogen-bond acceptors (Lipinski definition) is 4. The first-order chi connectivity index (χ1) is 11.9. The van der Waals surface area contributed by atoms with Crippen LogP contribution < -0.4 is 0 Å². The van der Waals surface area contributed by atoms with Crippen molar-refractivity contribution in [2.75, 3.05) is 26.2 Å². The highest BCUT2D eigenvalue weighted by Gasteiger charge is 2.28. The maximum atomic E-state index is 12.9. The highest BCUT2D eigenvalue weighted by molar-refractivity contribution is 8.00. The molecule has 138 valence electrons. The molecule has 1 aromatic rings. The van der Waals surface area contributed by atoms with Crippen LogP contribution in [0.15, 0.2) is 29.2 Å². The third-order valence-electron chi connectivity index (χ3n) is 4.49. The fourth-order valence-corrected chi connectivity index (χ4v) is 4.22. The Morgan fingerprint density at radius 2 is 1.92 bits per heavy atom. The second-order valence-electron chi connectivity index (χ2n) is 6.64. The number of aliphatic carboxylic acids is 1. The topological polar surface area (TPSA) is 60.9 Å². The summed E-state index contributed by atoms with van der Waals surface area (Å²) in [7, 11) is 0. The Bertz CT molecular complexity index is 598. The maximum Gasteiger partial charge on any atom is 0.317 e. The normalized spacial score (nSPS) is 15.8. The van der Waals surface area contributed by atoms with E-state index in [4.69, 9.17) is 5.11 Å². The van der Waals surface area contributed by atoms with Crippen LogP contribution in [0.1, 0.15) is 44.0 Å². The number of carbonyl (C=O) groups is 2. The Morgan fingerprint density at radius 1 is 1.28 bits per heavy atom. The minimum Gasteiger partial charge on any atom is -0.480 e. The fraction of sp³-hybridized carbons (Fsp3) is 0.579. The van der Waals surface area contributed by atoms with Gasteiger partial charge in [-0.1, -0.05) is 32.9 Å². The third kappa shape index (κ3) is 5.47. The van der Waals surface area contributed by atoms with Gasteiger partial charge in [-0.25, -0.2) is 0 Å². The van der Waals surface area contributed by atoms with Crippen molar-refractivity contribution in [3.8, 4) is 0 Å². The summed E-state index contributed by atoms with van der Waals surface area (Å²) in [6.07, 6.45) is 1.65. The van der Waals surface area contributed by atoms with Crippen molar-refractivity contribution >= 4 is 23.6 Å². The Balaban J connectivity index is 2.01. The largest absolute Gasteiger partial charge is 0.480 e. The van der Waals surface area contributed by atoms with Crippen LogP contribution in [0.5, 0.6) is 0 Å². The lowest BCUT2D eigenvalue weighted by atomic mass is 10.0. The molecule has 0 atom stereocenters. The predicted octanol–water partition coefficient (Wildman–Crippen LogP) is 3.20. The number of carboxylic acids is 1. The fourth-order valence-electron chi connectivity index (χ4n) is 3.28. The molecule has 6 heteroatoms. The first kappa shape index (κ1) is 19.8. The quantitative estimate of drug-likeness (QED) is 0.753. The average molecular weight is 365 g/mol. The minimum absolute atomic E-state index is 0.0724. The molecule has 0 radical (unpaired) electrons. The molecule has 1 saturated heterocycles. The molecule has 0 unspecified atom stereocenters. The van der Waals surface area contributed by atoms with E-state index in [1.165, 1.54) is 0 Å². The molecule has 0 spiro atoms. The number of piperidine rings is 1. The lowest BCUT2D eigenvalue weighted by Crippen LogP contribution is -2.48. The molecule has 1 heterocycles. The molecule has 0 bridgehead atoms. The summed E-state index contributed by atoms with van der Waals surface area (Å²) in [5.41, 5.74) is 0.775. The summed E-state index contributed by atoms with van der Waals surface area (Å²) >= 11 is 1.71. The van der Waals surface area contributed by atoms with Crippen LogP contribution in [0.3, 0.4) is 0 Å². The van der Waals surface area contributed by atoms with E-state index in [0.29, 0.717) is 18.3 Å². The van der Waals surface area contributed by atoms with Crippen LogP contribution in [-0.2, 0) is 4.79 Å². The van der Waals surface area contributed by atoms with Crippen molar-refractivity contribution in [1.29, 1.82) is 0 Å². The van der Waals surface area contributed by atoms with Gasteiger partial charge in [0.2, 0.25) is 0 Å². The molecule has 1 amide bonds. The van der Waals surface area contributed by atoms with E-state index in [1.807, 2.05) is 41.0 Å². The van der Waals surface area contributed by atoms with Crippen LogP contribution in [-0.4, -0.2) is 64.3 Å². The van der Waals surface area contributed by atoms with Gasteiger partial charge in [-0.2, -0.15) is 0 Å². The zero-order valence-corrected chi connectivity index (χ0v) is 16.1. The SMILES string of the molecule is CCN(CC(=O)O)C1CCN(C(=O)c2ccccc2SC(C)C)CC1.